The monoisotopic (exact) mass is 247 g/mol. The van der Waals surface area contributed by atoms with E-state index in [0.29, 0.717) is 5.92 Å². The van der Waals surface area contributed by atoms with Gasteiger partial charge in [-0.3, -0.25) is 0 Å². The third kappa shape index (κ3) is 3.08. The van der Waals surface area contributed by atoms with Crippen molar-refractivity contribution in [3.63, 3.8) is 0 Å². The molecule has 0 aliphatic heterocycles. The van der Waals surface area contributed by atoms with E-state index in [4.69, 9.17) is 9.97 Å². The highest BCUT2D eigenvalue weighted by atomic mass is 15.0. The number of nitrogens with zero attached hydrogens (tertiary/aromatic N) is 2. The molecule has 2 atom stereocenters. The van der Waals surface area contributed by atoms with Gasteiger partial charge in [0, 0.05) is 35.0 Å². The molecule has 1 fully saturated rings. The maximum Gasteiger partial charge on any atom is 0.132 e. The molecule has 1 aliphatic carbocycles. The predicted molar refractivity (Wildman–Crippen MR) is 74.6 cm³/mol. The van der Waals surface area contributed by atoms with Crippen molar-refractivity contribution in [2.75, 3.05) is 0 Å². The highest BCUT2D eigenvalue weighted by Gasteiger charge is 2.37. The Kier molecular flexibility index (Phi) is 3.45. The van der Waals surface area contributed by atoms with Crippen LogP contribution in [0.25, 0.3) is 0 Å². The van der Waals surface area contributed by atoms with Crippen LogP contribution in [0.1, 0.15) is 62.8 Å². The minimum absolute atomic E-state index is 0.128. The summed E-state index contributed by atoms with van der Waals surface area (Å²) in [6.07, 6.45) is 1.25. The zero-order valence-corrected chi connectivity index (χ0v) is 12.5. The average Bonchev–Trinajstić information content (AvgIpc) is 2.92. The van der Waals surface area contributed by atoms with Gasteiger partial charge in [0.05, 0.1) is 0 Å². The second kappa shape index (κ2) is 4.61. The van der Waals surface area contributed by atoms with E-state index in [0.717, 1.165) is 29.7 Å². The molecule has 1 aromatic rings. The standard InChI is InChI=1S/C15H25N3/c1-9-7-12(9)14-17-10(2)13(11(3)18-14)8-16-15(4,5)6/h9,12,16H,7-8H2,1-6H3. The fourth-order valence-corrected chi connectivity index (χ4v) is 2.22. The minimum atomic E-state index is 0.128. The molecule has 0 spiro atoms. The molecule has 3 heteroatoms. The summed E-state index contributed by atoms with van der Waals surface area (Å²) in [5.74, 6) is 2.42. The Morgan fingerprint density at radius 3 is 2.06 bits per heavy atom. The lowest BCUT2D eigenvalue weighted by atomic mass is 10.1. The lowest BCUT2D eigenvalue weighted by Crippen LogP contribution is -2.35. The zero-order chi connectivity index (χ0) is 13.5. The average molecular weight is 247 g/mol. The van der Waals surface area contributed by atoms with Gasteiger partial charge in [-0.25, -0.2) is 9.97 Å². The van der Waals surface area contributed by atoms with Crippen LogP contribution >= 0.6 is 0 Å². The van der Waals surface area contributed by atoms with Crippen LogP contribution in [0, 0.1) is 19.8 Å². The highest BCUT2D eigenvalue weighted by Crippen LogP contribution is 2.45. The molecule has 1 aromatic heterocycles. The minimum Gasteiger partial charge on any atom is -0.308 e. The van der Waals surface area contributed by atoms with Crippen LogP contribution in [0.5, 0.6) is 0 Å². The fourth-order valence-electron chi connectivity index (χ4n) is 2.22. The van der Waals surface area contributed by atoms with Crippen LogP contribution in [0.3, 0.4) is 0 Å². The molecule has 1 saturated carbocycles. The van der Waals surface area contributed by atoms with Gasteiger partial charge < -0.3 is 5.32 Å². The first-order chi connectivity index (χ1) is 8.28. The van der Waals surface area contributed by atoms with E-state index in [1.807, 2.05) is 0 Å². The molecule has 100 valence electrons. The van der Waals surface area contributed by atoms with Gasteiger partial charge in [0.2, 0.25) is 0 Å². The van der Waals surface area contributed by atoms with Gasteiger partial charge >= 0.3 is 0 Å². The molecule has 0 saturated heterocycles. The van der Waals surface area contributed by atoms with Crippen LogP contribution in [-0.2, 0) is 6.54 Å². The fraction of sp³-hybridized carbons (Fsp3) is 0.733. The molecule has 0 radical (unpaired) electrons. The third-order valence-corrected chi connectivity index (χ3v) is 3.67. The Bertz CT molecular complexity index is 423. The number of aromatic nitrogens is 2. The van der Waals surface area contributed by atoms with Crippen molar-refractivity contribution >= 4 is 0 Å². The van der Waals surface area contributed by atoms with Crippen molar-refractivity contribution in [2.24, 2.45) is 5.92 Å². The first-order valence-electron chi connectivity index (χ1n) is 6.87. The number of hydrogen-bond acceptors (Lipinski definition) is 3. The highest BCUT2D eigenvalue weighted by molar-refractivity contribution is 5.26. The largest absolute Gasteiger partial charge is 0.308 e. The maximum atomic E-state index is 4.70. The van der Waals surface area contributed by atoms with Crippen LogP contribution in [0.15, 0.2) is 0 Å². The number of aryl methyl sites for hydroxylation is 2. The Hall–Kier alpha value is -0.960. The van der Waals surface area contributed by atoms with Crippen LogP contribution in [-0.4, -0.2) is 15.5 Å². The van der Waals surface area contributed by atoms with Crippen LogP contribution in [0.2, 0.25) is 0 Å². The molecule has 0 bridgehead atoms. The summed E-state index contributed by atoms with van der Waals surface area (Å²) in [4.78, 5) is 9.39. The summed E-state index contributed by atoms with van der Waals surface area (Å²) in [6, 6.07) is 0. The van der Waals surface area contributed by atoms with Gasteiger partial charge in [-0.15, -0.1) is 0 Å². The van der Waals surface area contributed by atoms with Crippen LogP contribution in [0.4, 0.5) is 0 Å². The van der Waals surface area contributed by atoms with Gasteiger partial charge in [0.25, 0.3) is 0 Å². The lowest BCUT2D eigenvalue weighted by Gasteiger charge is -2.22. The van der Waals surface area contributed by atoms with Crippen molar-refractivity contribution < 1.29 is 0 Å². The molecule has 1 heterocycles. The first kappa shape index (κ1) is 13.5. The molecule has 2 unspecified atom stereocenters. The Labute approximate surface area is 110 Å². The number of rotatable bonds is 3. The Morgan fingerprint density at radius 1 is 1.17 bits per heavy atom. The van der Waals surface area contributed by atoms with Gasteiger partial charge in [0.15, 0.2) is 0 Å². The van der Waals surface area contributed by atoms with E-state index in [2.05, 4.69) is 46.9 Å². The van der Waals surface area contributed by atoms with E-state index in [1.165, 1.54) is 12.0 Å². The van der Waals surface area contributed by atoms with Crippen molar-refractivity contribution in [1.82, 2.24) is 15.3 Å². The zero-order valence-electron chi connectivity index (χ0n) is 12.5. The lowest BCUT2D eigenvalue weighted by molar-refractivity contribution is 0.422. The predicted octanol–water partition coefficient (Wildman–Crippen LogP) is 3.10. The topological polar surface area (TPSA) is 37.8 Å². The maximum absolute atomic E-state index is 4.70. The summed E-state index contributed by atoms with van der Waals surface area (Å²) < 4.78 is 0. The van der Waals surface area contributed by atoms with Crippen LogP contribution < -0.4 is 5.32 Å². The molecule has 18 heavy (non-hydrogen) atoms. The second-order valence-electron chi connectivity index (χ2n) is 6.65. The molecule has 1 aliphatic rings. The molecular formula is C15H25N3. The van der Waals surface area contributed by atoms with Gasteiger partial charge in [-0.05, 0) is 47.0 Å². The Morgan fingerprint density at radius 2 is 1.67 bits per heavy atom. The second-order valence-corrected chi connectivity index (χ2v) is 6.65. The molecule has 0 amide bonds. The summed E-state index contributed by atoms with van der Waals surface area (Å²) >= 11 is 0. The van der Waals surface area contributed by atoms with E-state index < -0.39 is 0 Å². The van der Waals surface area contributed by atoms with Crippen molar-refractivity contribution in [1.29, 1.82) is 0 Å². The SMILES string of the molecule is Cc1nc(C2CC2C)nc(C)c1CNC(C)(C)C. The number of hydrogen-bond donors (Lipinski definition) is 1. The molecular weight excluding hydrogens is 222 g/mol. The molecule has 3 nitrogen and oxygen atoms in total. The summed E-state index contributed by atoms with van der Waals surface area (Å²) in [7, 11) is 0. The smallest absolute Gasteiger partial charge is 0.132 e. The van der Waals surface area contributed by atoms with E-state index in [1.54, 1.807) is 0 Å². The molecule has 1 N–H and O–H groups in total. The van der Waals surface area contributed by atoms with Crippen molar-refractivity contribution in [3.8, 4) is 0 Å². The molecule has 0 aromatic carbocycles. The molecule has 2 rings (SSSR count). The normalized spacial score (nSPS) is 23.2. The quantitative estimate of drug-likeness (QED) is 0.892. The first-order valence-corrected chi connectivity index (χ1v) is 6.87. The summed E-state index contributed by atoms with van der Waals surface area (Å²) in [5, 5.41) is 3.51. The Balaban J connectivity index is 2.16. The summed E-state index contributed by atoms with van der Waals surface area (Å²) in [5.41, 5.74) is 3.64. The third-order valence-electron chi connectivity index (χ3n) is 3.67. The van der Waals surface area contributed by atoms with Crippen molar-refractivity contribution in [3.05, 3.63) is 22.8 Å². The van der Waals surface area contributed by atoms with Gasteiger partial charge in [-0.2, -0.15) is 0 Å². The number of nitrogens with one attached hydrogen (secondary N) is 1. The van der Waals surface area contributed by atoms with Gasteiger partial charge in [0.1, 0.15) is 5.82 Å². The van der Waals surface area contributed by atoms with Crippen molar-refractivity contribution in [2.45, 2.75) is 66.0 Å². The summed E-state index contributed by atoms with van der Waals surface area (Å²) in [6.45, 7) is 13.9. The van der Waals surface area contributed by atoms with E-state index in [9.17, 15) is 0 Å². The van der Waals surface area contributed by atoms with Gasteiger partial charge in [-0.1, -0.05) is 6.92 Å². The van der Waals surface area contributed by atoms with E-state index in [-0.39, 0.29) is 5.54 Å². The van der Waals surface area contributed by atoms with E-state index >= 15 is 0 Å².